The van der Waals surface area contributed by atoms with Gasteiger partial charge in [-0.3, -0.25) is 9.59 Å². The second-order valence-electron chi connectivity index (χ2n) is 4.94. The summed E-state index contributed by atoms with van der Waals surface area (Å²) in [5.41, 5.74) is 0.942. The van der Waals surface area contributed by atoms with Crippen molar-refractivity contribution >= 4 is 17.5 Å². The van der Waals surface area contributed by atoms with Crippen LogP contribution in [0.3, 0.4) is 0 Å². The maximum Gasteiger partial charge on any atom is 0.313 e. The Morgan fingerprint density at radius 2 is 1.83 bits per heavy atom. The maximum absolute atomic E-state index is 13.0. The van der Waals surface area contributed by atoms with E-state index in [-0.39, 0.29) is 12.2 Å². The van der Waals surface area contributed by atoms with E-state index >= 15 is 0 Å². The summed E-state index contributed by atoms with van der Waals surface area (Å²) < 4.78 is 30.9. The summed E-state index contributed by atoms with van der Waals surface area (Å²) in [6, 6.07) is 10.2. The van der Waals surface area contributed by atoms with Gasteiger partial charge in [-0.2, -0.15) is 0 Å². The third-order valence-electron chi connectivity index (χ3n) is 3.22. The molecule has 0 atom stereocenters. The van der Waals surface area contributed by atoms with Gasteiger partial charge in [0, 0.05) is 18.3 Å². The highest BCUT2D eigenvalue weighted by molar-refractivity contribution is 6.39. The van der Waals surface area contributed by atoms with Gasteiger partial charge in [0.2, 0.25) is 0 Å². The summed E-state index contributed by atoms with van der Waals surface area (Å²) in [7, 11) is 1.56. The lowest BCUT2D eigenvalue weighted by Gasteiger charge is -2.08. The first kappa shape index (κ1) is 17.4. The Hall–Kier alpha value is -2.96. The van der Waals surface area contributed by atoms with E-state index in [1.54, 1.807) is 13.2 Å². The number of benzene rings is 2. The van der Waals surface area contributed by atoms with Gasteiger partial charge in [-0.15, -0.1) is 0 Å². The summed E-state index contributed by atoms with van der Waals surface area (Å²) in [5, 5.41) is 4.65. The maximum atomic E-state index is 13.0. The molecule has 24 heavy (non-hydrogen) atoms. The van der Waals surface area contributed by atoms with Gasteiger partial charge in [-0.25, -0.2) is 8.78 Å². The van der Waals surface area contributed by atoms with Crippen molar-refractivity contribution < 1.29 is 23.1 Å². The number of hydrogen-bond acceptors (Lipinski definition) is 3. The van der Waals surface area contributed by atoms with Gasteiger partial charge in [0.05, 0.1) is 7.11 Å². The number of carbonyl (C=O) groups excluding carboxylic acids is 2. The Kier molecular flexibility index (Phi) is 5.83. The monoisotopic (exact) mass is 334 g/mol. The van der Waals surface area contributed by atoms with Crippen LogP contribution in [0.2, 0.25) is 0 Å². The third-order valence-corrected chi connectivity index (χ3v) is 3.22. The van der Waals surface area contributed by atoms with Gasteiger partial charge >= 0.3 is 11.8 Å². The fourth-order valence-corrected chi connectivity index (χ4v) is 1.99. The largest absolute Gasteiger partial charge is 0.497 e. The van der Waals surface area contributed by atoms with Crippen molar-refractivity contribution in [3.05, 3.63) is 59.7 Å². The van der Waals surface area contributed by atoms with Crippen molar-refractivity contribution in [1.82, 2.24) is 5.32 Å². The van der Waals surface area contributed by atoms with Gasteiger partial charge in [-0.05, 0) is 36.2 Å². The van der Waals surface area contributed by atoms with Crippen LogP contribution >= 0.6 is 0 Å². The number of carbonyl (C=O) groups is 2. The van der Waals surface area contributed by atoms with E-state index in [1.165, 1.54) is 6.07 Å². The molecular weight excluding hydrogens is 318 g/mol. The molecule has 0 aliphatic rings. The first-order chi connectivity index (χ1) is 11.5. The van der Waals surface area contributed by atoms with Crippen LogP contribution in [0.5, 0.6) is 5.75 Å². The molecule has 0 radical (unpaired) electrons. The van der Waals surface area contributed by atoms with E-state index in [0.29, 0.717) is 12.2 Å². The average Bonchev–Trinajstić information content (AvgIpc) is 2.58. The molecule has 0 aromatic heterocycles. The van der Waals surface area contributed by atoms with Crippen LogP contribution in [0.15, 0.2) is 42.5 Å². The predicted octanol–water partition coefficient (Wildman–Crippen LogP) is 2.27. The molecule has 0 unspecified atom stereocenters. The van der Waals surface area contributed by atoms with E-state index in [1.807, 2.05) is 18.2 Å². The van der Waals surface area contributed by atoms with Crippen LogP contribution < -0.4 is 15.4 Å². The topological polar surface area (TPSA) is 67.4 Å². The molecule has 2 rings (SSSR count). The van der Waals surface area contributed by atoms with Crippen LogP contribution in [0.4, 0.5) is 14.5 Å². The number of amides is 2. The molecule has 2 N–H and O–H groups in total. The fourth-order valence-electron chi connectivity index (χ4n) is 1.99. The average molecular weight is 334 g/mol. The van der Waals surface area contributed by atoms with Crippen molar-refractivity contribution in [3.63, 3.8) is 0 Å². The Bertz CT molecular complexity index is 750. The van der Waals surface area contributed by atoms with Gasteiger partial charge in [0.25, 0.3) is 0 Å². The zero-order chi connectivity index (χ0) is 17.5. The lowest BCUT2D eigenvalue weighted by molar-refractivity contribution is -0.136. The second kappa shape index (κ2) is 8.05. The Balaban J connectivity index is 1.83. The van der Waals surface area contributed by atoms with Crippen molar-refractivity contribution in [2.24, 2.45) is 0 Å². The van der Waals surface area contributed by atoms with E-state index in [2.05, 4.69) is 10.6 Å². The van der Waals surface area contributed by atoms with Crippen molar-refractivity contribution in [3.8, 4) is 5.75 Å². The number of halogens is 2. The minimum absolute atomic E-state index is 0.00171. The highest BCUT2D eigenvalue weighted by Gasteiger charge is 2.14. The summed E-state index contributed by atoms with van der Waals surface area (Å²) in [6.07, 6.45) is 0.515. The summed E-state index contributed by atoms with van der Waals surface area (Å²) in [4.78, 5) is 23.4. The zero-order valence-electron chi connectivity index (χ0n) is 12.9. The van der Waals surface area contributed by atoms with Gasteiger partial charge in [-0.1, -0.05) is 12.1 Å². The van der Waals surface area contributed by atoms with Crippen LogP contribution in [-0.4, -0.2) is 25.5 Å². The first-order valence-electron chi connectivity index (χ1n) is 7.17. The summed E-state index contributed by atoms with van der Waals surface area (Å²) in [6.45, 7) is 0.247. The zero-order valence-corrected chi connectivity index (χ0v) is 12.9. The number of hydrogen-bond donors (Lipinski definition) is 2. The SMILES string of the molecule is COc1cccc(CCNC(=O)C(=O)Nc2ccc(F)c(F)c2)c1. The van der Waals surface area contributed by atoms with Crippen LogP contribution in [-0.2, 0) is 16.0 Å². The number of rotatable bonds is 5. The quantitative estimate of drug-likeness (QED) is 0.825. The normalized spacial score (nSPS) is 10.1. The molecule has 2 aromatic rings. The van der Waals surface area contributed by atoms with E-state index < -0.39 is 23.4 Å². The molecule has 0 bridgehead atoms. The number of methoxy groups -OCH3 is 1. The number of anilines is 1. The molecular formula is C17H16F2N2O3. The van der Waals surface area contributed by atoms with E-state index in [4.69, 9.17) is 4.74 Å². The Labute approximate surface area is 137 Å². The smallest absolute Gasteiger partial charge is 0.313 e. The summed E-state index contributed by atoms with van der Waals surface area (Å²) in [5.74, 6) is -3.24. The predicted molar refractivity (Wildman–Crippen MR) is 84.7 cm³/mol. The molecule has 0 aliphatic carbocycles. The fraction of sp³-hybridized carbons (Fsp3) is 0.176. The van der Waals surface area contributed by atoms with Crippen molar-refractivity contribution in [2.75, 3.05) is 19.0 Å². The second-order valence-corrected chi connectivity index (χ2v) is 4.94. The lowest BCUT2D eigenvalue weighted by Crippen LogP contribution is -2.36. The van der Waals surface area contributed by atoms with Gasteiger partial charge < -0.3 is 15.4 Å². The van der Waals surface area contributed by atoms with Crippen molar-refractivity contribution in [2.45, 2.75) is 6.42 Å². The highest BCUT2D eigenvalue weighted by Crippen LogP contribution is 2.13. The van der Waals surface area contributed by atoms with Crippen LogP contribution in [0.25, 0.3) is 0 Å². The van der Waals surface area contributed by atoms with Crippen molar-refractivity contribution in [1.29, 1.82) is 0 Å². The molecule has 0 aliphatic heterocycles. The third kappa shape index (κ3) is 4.77. The molecule has 2 aromatic carbocycles. The number of ether oxygens (including phenoxy) is 1. The van der Waals surface area contributed by atoms with Crippen LogP contribution in [0, 0.1) is 11.6 Å². The molecule has 0 saturated heterocycles. The molecule has 0 spiro atoms. The molecule has 0 heterocycles. The van der Waals surface area contributed by atoms with Crippen LogP contribution in [0.1, 0.15) is 5.56 Å². The van der Waals surface area contributed by atoms with E-state index in [0.717, 1.165) is 17.7 Å². The lowest BCUT2D eigenvalue weighted by atomic mass is 10.1. The van der Waals surface area contributed by atoms with Gasteiger partial charge in [0.15, 0.2) is 11.6 Å². The minimum atomic E-state index is -1.11. The molecule has 0 fully saturated rings. The molecule has 7 heteroatoms. The highest BCUT2D eigenvalue weighted by atomic mass is 19.2. The number of nitrogens with one attached hydrogen (secondary N) is 2. The molecule has 2 amide bonds. The van der Waals surface area contributed by atoms with Gasteiger partial charge in [0.1, 0.15) is 5.75 Å². The Morgan fingerprint density at radius 3 is 2.54 bits per heavy atom. The van der Waals surface area contributed by atoms with E-state index in [9.17, 15) is 18.4 Å². The molecule has 5 nitrogen and oxygen atoms in total. The first-order valence-corrected chi connectivity index (χ1v) is 7.17. The Morgan fingerprint density at radius 1 is 1.04 bits per heavy atom. The molecule has 0 saturated carbocycles. The summed E-state index contributed by atoms with van der Waals surface area (Å²) >= 11 is 0. The molecule has 126 valence electrons. The standard InChI is InChI=1S/C17H16F2N2O3/c1-24-13-4-2-3-11(9-13)7-8-20-16(22)17(23)21-12-5-6-14(18)15(19)10-12/h2-6,9-10H,7-8H2,1H3,(H,20,22)(H,21,23). The minimum Gasteiger partial charge on any atom is -0.497 e.